The third-order valence-electron chi connectivity index (χ3n) is 8.25. The van der Waals surface area contributed by atoms with E-state index < -0.39 is 23.1 Å². The molecule has 1 amide bonds. The van der Waals surface area contributed by atoms with Crippen LogP contribution in [0.4, 0.5) is 14.5 Å². The summed E-state index contributed by atoms with van der Waals surface area (Å²) in [5, 5.41) is 0. The molecule has 0 radical (unpaired) electrons. The summed E-state index contributed by atoms with van der Waals surface area (Å²) >= 11 is 0. The predicted octanol–water partition coefficient (Wildman–Crippen LogP) is 5.77. The van der Waals surface area contributed by atoms with Crippen molar-refractivity contribution in [3.8, 4) is 0 Å². The zero-order valence-electron chi connectivity index (χ0n) is 19.1. The molecule has 5 heteroatoms. The molecule has 1 saturated carbocycles. The molecule has 2 fully saturated rings. The smallest absolute Gasteiger partial charge is 0.264 e. The number of nitrogens with zero attached hydrogens (tertiary/aromatic N) is 2. The van der Waals surface area contributed by atoms with Crippen molar-refractivity contribution in [2.24, 2.45) is 5.92 Å². The number of amides is 1. The fourth-order valence-corrected chi connectivity index (χ4v) is 5.72. The van der Waals surface area contributed by atoms with Crippen molar-refractivity contribution < 1.29 is 13.6 Å². The zero-order chi connectivity index (χ0) is 22.5. The molecular formula is C27H32F2N2O. The van der Waals surface area contributed by atoms with Crippen LogP contribution < -0.4 is 4.90 Å². The molecule has 0 bridgehead atoms. The lowest BCUT2D eigenvalue weighted by molar-refractivity contribution is 0.0966. The van der Waals surface area contributed by atoms with Crippen molar-refractivity contribution in [3.05, 3.63) is 64.2 Å². The molecule has 3 aliphatic rings. The Balaban J connectivity index is 1.42. The maximum absolute atomic E-state index is 14.4. The van der Waals surface area contributed by atoms with Gasteiger partial charge in [-0.25, -0.2) is 8.78 Å². The second kappa shape index (κ2) is 8.26. The maximum atomic E-state index is 14.4. The molecule has 0 unspecified atom stereocenters. The monoisotopic (exact) mass is 438 g/mol. The minimum absolute atomic E-state index is 0.141. The second-order valence-electron chi connectivity index (χ2n) is 10.1. The van der Waals surface area contributed by atoms with Gasteiger partial charge in [0.1, 0.15) is 17.2 Å². The van der Waals surface area contributed by atoms with Gasteiger partial charge in [0.25, 0.3) is 5.91 Å². The lowest BCUT2D eigenvalue weighted by atomic mass is 9.73. The molecule has 5 rings (SSSR count). The summed E-state index contributed by atoms with van der Waals surface area (Å²) in [6.07, 6.45) is 7.38. The Bertz CT molecular complexity index is 1020. The first-order valence-corrected chi connectivity index (χ1v) is 12.0. The first kappa shape index (κ1) is 21.6. The van der Waals surface area contributed by atoms with Gasteiger partial charge in [0.05, 0.1) is 0 Å². The van der Waals surface area contributed by atoms with Crippen molar-refractivity contribution in [2.45, 2.75) is 57.8 Å². The number of fused-ring (bicyclic) bond motifs is 2. The molecule has 170 valence electrons. The Hall–Kier alpha value is -2.27. The summed E-state index contributed by atoms with van der Waals surface area (Å²) in [6, 6.07) is 7.85. The van der Waals surface area contributed by atoms with Crippen LogP contribution in [-0.4, -0.2) is 37.0 Å². The Morgan fingerprint density at radius 1 is 1.06 bits per heavy atom. The van der Waals surface area contributed by atoms with Crippen molar-refractivity contribution in [1.29, 1.82) is 0 Å². The summed E-state index contributed by atoms with van der Waals surface area (Å²) in [7, 11) is 0. The van der Waals surface area contributed by atoms with Crippen LogP contribution >= 0.6 is 0 Å². The van der Waals surface area contributed by atoms with Crippen LogP contribution in [0, 0.1) is 31.4 Å². The van der Waals surface area contributed by atoms with E-state index in [2.05, 4.69) is 17.9 Å². The number of hydrogen-bond acceptors (Lipinski definition) is 2. The van der Waals surface area contributed by atoms with Gasteiger partial charge in [0.15, 0.2) is 0 Å². The van der Waals surface area contributed by atoms with Gasteiger partial charge in [-0.1, -0.05) is 31.4 Å². The zero-order valence-corrected chi connectivity index (χ0v) is 19.1. The number of piperidine rings is 1. The van der Waals surface area contributed by atoms with Crippen molar-refractivity contribution in [2.75, 3.05) is 31.1 Å². The normalized spacial score (nSPS) is 20.4. The number of rotatable bonds is 4. The topological polar surface area (TPSA) is 23.6 Å². The minimum Gasteiger partial charge on any atom is -0.307 e. The number of anilines is 1. The number of benzene rings is 2. The van der Waals surface area contributed by atoms with E-state index in [1.54, 1.807) is 4.90 Å². The highest BCUT2D eigenvalue weighted by Crippen LogP contribution is 2.48. The molecule has 2 aromatic carbocycles. The molecule has 0 atom stereocenters. The number of aryl methyl sites for hydroxylation is 2. The molecule has 1 spiro atoms. The molecule has 1 aliphatic carbocycles. The van der Waals surface area contributed by atoms with Gasteiger partial charge in [0, 0.05) is 17.6 Å². The number of likely N-dealkylation sites (tertiary alicyclic amines) is 1. The van der Waals surface area contributed by atoms with Crippen molar-refractivity contribution in [3.63, 3.8) is 0 Å². The standard InChI is InChI=1S/C27H32F2N2O/c1-18-15-21-24(16-19(18)2)31(26(32)25-22(28)7-4-8-23(25)29)17-27(21)10-13-30(14-11-27)12-9-20-5-3-6-20/h4,7-8,15-16,20H,3,5-6,9-14,17H2,1-2H3. The average Bonchev–Trinajstić information content (AvgIpc) is 3.02. The Morgan fingerprint density at radius 2 is 1.72 bits per heavy atom. The number of carbonyl (C=O) groups excluding carboxylic acids is 1. The van der Waals surface area contributed by atoms with Crippen LogP contribution in [0.25, 0.3) is 0 Å². The van der Waals surface area contributed by atoms with E-state index in [1.807, 2.05) is 13.0 Å². The highest BCUT2D eigenvalue weighted by Gasteiger charge is 2.47. The van der Waals surface area contributed by atoms with Gasteiger partial charge in [-0.3, -0.25) is 4.79 Å². The second-order valence-corrected chi connectivity index (χ2v) is 10.1. The highest BCUT2D eigenvalue weighted by atomic mass is 19.1. The molecule has 1 saturated heterocycles. The first-order chi connectivity index (χ1) is 15.4. The fraction of sp³-hybridized carbons (Fsp3) is 0.519. The van der Waals surface area contributed by atoms with Crippen LogP contribution in [0.2, 0.25) is 0 Å². The Kier molecular flexibility index (Phi) is 5.56. The number of halogens is 2. The fourth-order valence-electron chi connectivity index (χ4n) is 5.72. The SMILES string of the molecule is Cc1cc2c(cc1C)C1(CCN(CCC3CCC3)CC1)CN2C(=O)c1c(F)cccc1F. The third-order valence-corrected chi connectivity index (χ3v) is 8.25. The number of hydrogen-bond donors (Lipinski definition) is 0. The summed E-state index contributed by atoms with van der Waals surface area (Å²) < 4.78 is 28.9. The summed E-state index contributed by atoms with van der Waals surface area (Å²) in [5.41, 5.74) is 3.69. The first-order valence-electron chi connectivity index (χ1n) is 12.0. The molecule has 0 aromatic heterocycles. The van der Waals surface area contributed by atoms with Crippen LogP contribution in [0.5, 0.6) is 0 Å². The van der Waals surface area contributed by atoms with Crippen molar-refractivity contribution >= 4 is 11.6 Å². The summed E-state index contributed by atoms with van der Waals surface area (Å²) in [5.74, 6) is -1.26. The van der Waals surface area contributed by atoms with Gasteiger partial charge < -0.3 is 9.80 Å². The molecule has 2 aromatic rings. The van der Waals surface area contributed by atoms with E-state index in [4.69, 9.17) is 0 Å². The number of carbonyl (C=O) groups is 1. The van der Waals surface area contributed by atoms with Gasteiger partial charge in [-0.05, 0) is 93.6 Å². The van der Waals surface area contributed by atoms with Crippen LogP contribution in [0.3, 0.4) is 0 Å². The minimum atomic E-state index is -0.799. The van der Waals surface area contributed by atoms with Gasteiger partial charge >= 0.3 is 0 Å². The van der Waals surface area contributed by atoms with Crippen LogP contribution in [-0.2, 0) is 5.41 Å². The maximum Gasteiger partial charge on any atom is 0.264 e. The van der Waals surface area contributed by atoms with Crippen molar-refractivity contribution in [1.82, 2.24) is 4.90 Å². The van der Waals surface area contributed by atoms with E-state index in [1.165, 1.54) is 42.9 Å². The van der Waals surface area contributed by atoms with Crippen LogP contribution in [0.15, 0.2) is 30.3 Å². The summed E-state index contributed by atoms with van der Waals surface area (Å²) in [4.78, 5) is 17.6. The van der Waals surface area contributed by atoms with E-state index in [0.29, 0.717) is 6.54 Å². The van der Waals surface area contributed by atoms with Gasteiger partial charge in [-0.2, -0.15) is 0 Å². The van der Waals surface area contributed by atoms with Gasteiger partial charge in [-0.15, -0.1) is 0 Å². The third kappa shape index (κ3) is 3.64. The molecule has 2 heterocycles. The van der Waals surface area contributed by atoms with E-state index in [9.17, 15) is 13.6 Å². The van der Waals surface area contributed by atoms with E-state index >= 15 is 0 Å². The quantitative estimate of drug-likeness (QED) is 0.605. The molecular weight excluding hydrogens is 406 g/mol. The van der Waals surface area contributed by atoms with E-state index in [0.717, 1.165) is 61.8 Å². The Morgan fingerprint density at radius 3 is 2.34 bits per heavy atom. The highest BCUT2D eigenvalue weighted by molar-refractivity contribution is 6.08. The summed E-state index contributed by atoms with van der Waals surface area (Å²) in [6.45, 7) is 7.79. The van der Waals surface area contributed by atoms with Gasteiger partial charge in [0.2, 0.25) is 0 Å². The predicted molar refractivity (Wildman–Crippen MR) is 123 cm³/mol. The lowest BCUT2D eigenvalue weighted by Crippen LogP contribution is -2.46. The lowest BCUT2D eigenvalue weighted by Gasteiger charge is -2.40. The Labute approximate surface area is 189 Å². The largest absolute Gasteiger partial charge is 0.307 e. The molecule has 2 aliphatic heterocycles. The molecule has 0 N–H and O–H groups in total. The van der Waals surface area contributed by atoms with E-state index in [-0.39, 0.29) is 5.41 Å². The molecule has 32 heavy (non-hydrogen) atoms. The van der Waals surface area contributed by atoms with Crippen LogP contribution in [0.1, 0.15) is 65.6 Å². The molecule has 3 nitrogen and oxygen atoms in total. The average molecular weight is 439 g/mol.